The van der Waals surface area contributed by atoms with E-state index in [4.69, 9.17) is 0 Å². The highest BCUT2D eigenvalue weighted by molar-refractivity contribution is 7.99. The lowest BCUT2D eigenvalue weighted by atomic mass is 10.2. The first-order valence-corrected chi connectivity index (χ1v) is 12.0. The van der Waals surface area contributed by atoms with Gasteiger partial charge in [0.15, 0.2) is 11.0 Å². The van der Waals surface area contributed by atoms with Gasteiger partial charge in [-0.2, -0.15) is 0 Å². The molecule has 3 aromatic carbocycles. The van der Waals surface area contributed by atoms with Crippen molar-refractivity contribution in [1.82, 2.24) is 19.3 Å². The van der Waals surface area contributed by atoms with Crippen molar-refractivity contribution in [2.75, 3.05) is 5.75 Å². The van der Waals surface area contributed by atoms with Gasteiger partial charge in [-0.15, -0.1) is 10.2 Å². The largest absolute Gasteiger partial charge is 0.308 e. The molecule has 32 heavy (non-hydrogen) atoms. The van der Waals surface area contributed by atoms with E-state index in [1.165, 1.54) is 16.9 Å². The van der Waals surface area contributed by atoms with E-state index in [1.54, 1.807) is 16.3 Å². The number of thiazole rings is 1. The summed E-state index contributed by atoms with van der Waals surface area (Å²) in [4.78, 5) is 12.7. The second-order valence-corrected chi connectivity index (χ2v) is 9.10. The van der Waals surface area contributed by atoms with Crippen molar-refractivity contribution >= 4 is 39.4 Å². The zero-order valence-corrected chi connectivity index (χ0v) is 18.8. The number of fused-ring (bicyclic) bond motifs is 1. The van der Waals surface area contributed by atoms with E-state index in [9.17, 15) is 4.79 Å². The van der Waals surface area contributed by atoms with Crippen molar-refractivity contribution in [2.45, 2.75) is 11.7 Å². The molecule has 0 unspecified atom stereocenters. The van der Waals surface area contributed by atoms with Gasteiger partial charge in [0.1, 0.15) is 0 Å². The van der Waals surface area contributed by atoms with Crippen molar-refractivity contribution in [3.05, 3.63) is 112 Å². The molecule has 0 aliphatic heterocycles. The smallest absolute Gasteiger partial charge is 0.291 e. The monoisotopic (exact) mass is 456 g/mol. The second-order valence-electron chi connectivity index (χ2n) is 7.12. The summed E-state index contributed by atoms with van der Waals surface area (Å²) in [6.45, 7) is 0.366. The van der Waals surface area contributed by atoms with Crippen molar-refractivity contribution in [1.29, 1.82) is 0 Å². The van der Waals surface area contributed by atoms with Crippen LogP contribution in [0.2, 0.25) is 0 Å². The molecule has 0 N–H and O–H groups in total. The highest BCUT2D eigenvalue weighted by atomic mass is 32.2. The molecule has 5 nitrogen and oxygen atoms in total. The second kappa shape index (κ2) is 9.38. The molecule has 2 heterocycles. The maximum atomic E-state index is 12.7. The van der Waals surface area contributed by atoms with Gasteiger partial charge in [-0.05, 0) is 29.8 Å². The van der Waals surface area contributed by atoms with Crippen LogP contribution in [0.5, 0.6) is 0 Å². The van der Waals surface area contributed by atoms with Crippen molar-refractivity contribution < 1.29 is 0 Å². The number of rotatable bonds is 7. The minimum Gasteiger partial charge on any atom is -0.291 e. The maximum absolute atomic E-state index is 12.7. The Hall–Kier alpha value is -3.42. The molecule has 0 saturated heterocycles. The molecule has 5 aromatic rings. The van der Waals surface area contributed by atoms with E-state index in [1.807, 2.05) is 77.4 Å². The van der Waals surface area contributed by atoms with Gasteiger partial charge in [0, 0.05) is 11.4 Å². The van der Waals surface area contributed by atoms with E-state index in [2.05, 4.69) is 34.5 Å². The quantitative estimate of drug-likeness (QED) is 0.304. The maximum Gasteiger partial charge on any atom is 0.308 e. The molecule has 0 aliphatic rings. The van der Waals surface area contributed by atoms with Crippen molar-refractivity contribution in [2.24, 2.45) is 0 Å². The molecular formula is C25H20N4OS2. The normalized spacial score (nSPS) is 11.5. The number of nitrogens with zero attached hydrogens (tertiary/aromatic N) is 4. The van der Waals surface area contributed by atoms with Gasteiger partial charge in [-0.1, -0.05) is 95.9 Å². The Kier molecular flexibility index (Phi) is 6.00. The molecule has 0 saturated carbocycles. The first-order chi connectivity index (χ1) is 15.8. The molecule has 2 aromatic heterocycles. The summed E-state index contributed by atoms with van der Waals surface area (Å²) in [7, 11) is 0. The Morgan fingerprint density at radius 3 is 2.41 bits per heavy atom. The molecule has 7 heteroatoms. The fourth-order valence-corrected chi connectivity index (χ4v) is 5.18. The summed E-state index contributed by atoms with van der Waals surface area (Å²) in [5.41, 5.74) is 3.07. The highest BCUT2D eigenvalue weighted by Crippen LogP contribution is 2.24. The average molecular weight is 457 g/mol. The third-order valence-electron chi connectivity index (χ3n) is 5.01. The van der Waals surface area contributed by atoms with E-state index in [0.29, 0.717) is 6.54 Å². The first kappa shape index (κ1) is 20.5. The summed E-state index contributed by atoms with van der Waals surface area (Å²) in [6.07, 6.45) is 4.23. The Bertz CT molecular complexity index is 1420. The molecule has 0 atom stereocenters. The number of hydrogen-bond acceptors (Lipinski definition) is 5. The number of para-hydroxylation sites is 2. The molecule has 0 bridgehead atoms. The summed E-state index contributed by atoms with van der Waals surface area (Å²) >= 11 is 2.88. The van der Waals surface area contributed by atoms with Crippen LogP contribution in [0.15, 0.2) is 101 Å². The van der Waals surface area contributed by atoms with Crippen LogP contribution in [0.1, 0.15) is 11.4 Å². The zero-order valence-electron chi connectivity index (χ0n) is 17.2. The number of hydrogen-bond donors (Lipinski definition) is 0. The van der Waals surface area contributed by atoms with Crippen LogP contribution in [0.25, 0.3) is 22.0 Å². The van der Waals surface area contributed by atoms with E-state index in [0.717, 1.165) is 32.6 Å². The SMILES string of the molecule is O=c1sc2ccccc2n1Cc1nnc(SCC=Cc2ccccc2)n1-c1ccccc1. The summed E-state index contributed by atoms with van der Waals surface area (Å²) in [5.74, 6) is 1.50. The lowest BCUT2D eigenvalue weighted by Crippen LogP contribution is -2.16. The summed E-state index contributed by atoms with van der Waals surface area (Å²) in [6, 6.07) is 28.1. The fraction of sp³-hybridized carbons (Fsp3) is 0.0800. The standard InChI is InChI=1S/C25H20N4OS2/c30-25-28(21-15-7-8-16-22(21)32-25)18-23-26-27-24(29(23)20-13-5-2-6-14-20)31-17-9-12-19-10-3-1-4-11-19/h1-16H,17-18H2. The van der Waals surface area contributed by atoms with Crippen LogP contribution in [-0.4, -0.2) is 25.1 Å². The predicted molar refractivity (Wildman–Crippen MR) is 133 cm³/mol. The van der Waals surface area contributed by atoms with Gasteiger partial charge in [0.2, 0.25) is 0 Å². The van der Waals surface area contributed by atoms with Gasteiger partial charge in [0.25, 0.3) is 0 Å². The van der Waals surface area contributed by atoms with E-state index in [-0.39, 0.29) is 4.87 Å². The van der Waals surface area contributed by atoms with Crippen LogP contribution < -0.4 is 4.87 Å². The molecule has 0 amide bonds. The Balaban J connectivity index is 1.45. The first-order valence-electron chi connectivity index (χ1n) is 10.2. The van der Waals surface area contributed by atoms with Gasteiger partial charge >= 0.3 is 4.87 Å². The average Bonchev–Trinajstić information content (AvgIpc) is 3.38. The third-order valence-corrected chi connectivity index (χ3v) is 6.85. The lowest BCUT2D eigenvalue weighted by Gasteiger charge is -2.10. The minimum atomic E-state index is 0.00816. The van der Waals surface area contributed by atoms with Gasteiger partial charge in [-0.3, -0.25) is 13.9 Å². The topological polar surface area (TPSA) is 52.7 Å². The highest BCUT2D eigenvalue weighted by Gasteiger charge is 2.17. The Morgan fingerprint density at radius 1 is 0.875 bits per heavy atom. The Labute approximate surface area is 193 Å². The van der Waals surface area contributed by atoms with Crippen LogP contribution in [0, 0.1) is 0 Å². The van der Waals surface area contributed by atoms with Crippen LogP contribution in [0.3, 0.4) is 0 Å². The third kappa shape index (κ3) is 4.30. The van der Waals surface area contributed by atoms with Gasteiger partial charge in [-0.25, -0.2) is 0 Å². The fourth-order valence-electron chi connectivity index (χ4n) is 3.51. The molecule has 0 aliphatic carbocycles. The van der Waals surface area contributed by atoms with Crippen LogP contribution in [0.4, 0.5) is 0 Å². The Morgan fingerprint density at radius 2 is 1.59 bits per heavy atom. The molecule has 0 radical (unpaired) electrons. The minimum absolute atomic E-state index is 0.00816. The summed E-state index contributed by atoms with van der Waals surface area (Å²) in [5, 5.41) is 9.72. The zero-order chi connectivity index (χ0) is 21.8. The van der Waals surface area contributed by atoms with Crippen LogP contribution in [-0.2, 0) is 6.54 Å². The number of thioether (sulfide) groups is 1. The van der Waals surface area contributed by atoms with Crippen molar-refractivity contribution in [3.63, 3.8) is 0 Å². The number of aromatic nitrogens is 4. The molecule has 158 valence electrons. The van der Waals surface area contributed by atoms with E-state index >= 15 is 0 Å². The van der Waals surface area contributed by atoms with E-state index < -0.39 is 0 Å². The molecule has 0 fully saturated rings. The van der Waals surface area contributed by atoms with Crippen LogP contribution >= 0.6 is 23.1 Å². The predicted octanol–water partition coefficient (Wildman–Crippen LogP) is 5.50. The molecule has 0 spiro atoms. The number of benzene rings is 3. The molecular weight excluding hydrogens is 436 g/mol. The van der Waals surface area contributed by atoms with Gasteiger partial charge < -0.3 is 0 Å². The van der Waals surface area contributed by atoms with Crippen molar-refractivity contribution in [3.8, 4) is 5.69 Å². The summed E-state index contributed by atoms with van der Waals surface area (Å²) < 4.78 is 4.79. The molecule has 5 rings (SSSR count). The lowest BCUT2D eigenvalue weighted by molar-refractivity contribution is 0.726. The van der Waals surface area contributed by atoms with Gasteiger partial charge in [0.05, 0.1) is 16.8 Å².